The maximum absolute atomic E-state index is 12.6. The molecule has 0 N–H and O–H groups in total. The van der Waals surface area contributed by atoms with Gasteiger partial charge in [-0.15, -0.1) is 0 Å². The Morgan fingerprint density at radius 3 is 2.54 bits per heavy atom. The van der Waals surface area contributed by atoms with E-state index in [1.807, 2.05) is 30.0 Å². The summed E-state index contributed by atoms with van der Waals surface area (Å²) in [6, 6.07) is 13.4. The normalized spacial score (nSPS) is 10.4. The first kappa shape index (κ1) is 17.8. The summed E-state index contributed by atoms with van der Waals surface area (Å²) in [6.07, 6.45) is 3.30. The molecule has 1 aromatic heterocycles. The quantitative estimate of drug-likeness (QED) is 0.747. The van der Waals surface area contributed by atoms with Crippen LogP contribution >= 0.6 is 0 Å². The van der Waals surface area contributed by atoms with Gasteiger partial charge < -0.3 is 14.2 Å². The molecule has 0 spiro atoms. The summed E-state index contributed by atoms with van der Waals surface area (Å²) in [6.45, 7) is 3.41. The fraction of sp³-hybridized carbons (Fsp3) is 0.368. The van der Waals surface area contributed by atoms with E-state index in [4.69, 9.17) is 4.74 Å². The highest BCUT2D eigenvalue weighted by atomic mass is 16.5. The van der Waals surface area contributed by atoms with Crippen molar-refractivity contribution in [2.24, 2.45) is 0 Å². The van der Waals surface area contributed by atoms with Gasteiger partial charge in [-0.25, -0.2) is 0 Å². The highest BCUT2D eigenvalue weighted by Gasteiger charge is 2.14. The maximum Gasteiger partial charge on any atom is 0.293 e. The zero-order valence-electron chi connectivity index (χ0n) is 14.3. The van der Waals surface area contributed by atoms with Crippen molar-refractivity contribution in [2.45, 2.75) is 26.3 Å². The third-order valence-electron chi connectivity index (χ3n) is 3.87. The second kappa shape index (κ2) is 8.91. The molecule has 24 heavy (non-hydrogen) atoms. The summed E-state index contributed by atoms with van der Waals surface area (Å²) < 4.78 is 6.42. The van der Waals surface area contributed by atoms with E-state index in [2.05, 4.69) is 12.1 Å². The van der Waals surface area contributed by atoms with Crippen molar-refractivity contribution >= 4 is 5.91 Å². The molecule has 1 aromatic carbocycles. The molecule has 0 aliphatic carbocycles. The highest BCUT2D eigenvalue weighted by Crippen LogP contribution is 2.05. The molecule has 0 fully saturated rings. The number of carbonyl (C=O) groups is 1. The number of pyridine rings is 1. The molecule has 0 radical (unpaired) electrons. The summed E-state index contributed by atoms with van der Waals surface area (Å²) in [5, 5.41) is 0. The summed E-state index contributed by atoms with van der Waals surface area (Å²) in [5.74, 6) is 0.194. The number of ether oxygens (including phenoxy) is 1. The summed E-state index contributed by atoms with van der Waals surface area (Å²) in [5.41, 5.74) is 0.915. The predicted molar refractivity (Wildman–Crippen MR) is 94.3 cm³/mol. The summed E-state index contributed by atoms with van der Waals surface area (Å²) in [7, 11) is 1.45. The van der Waals surface area contributed by atoms with Crippen LogP contribution in [0, 0.1) is 0 Å². The first-order chi connectivity index (χ1) is 11.7. The van der Waals surface area contributed by atoms with E-state index in [1.54, 1.807) is 18.3 Å². The average Bonchev–Trinajstić information content (AvgIpc) is 2.61. The van der Waals surface area contributed by atoms with Crippen molar-refractivity contribution in [1.29, 1.82) is 0 Å². The lowest BCUT2D eigenvalue weighted by Gasteiger charge is -2.22. The van der Waals surface area contributed by atoms with Crippen LogP contribution in [0.3, 0.4) is 0 Å². The van der Waals surface area contributed by atoms with E-state index in [0.717, 1.165) is 12.8 Å². The fourth-order valence-corrected chi connectivity index (χ4v) is 2.58. The Morgan fingerprint density at radius 1 is 1.12 bits per heavy atom. The third kappa shape index (κ3) is 4.72. The molecule has 0 atom stereocenters. The van der Waals surface area contributed by atoms with E-state index in [1.165, 1.54) is 17.2 Å². The number of aromatic nitrogens is 1. The second-order valence-corrected chi connectivity index (χ2v) is 5.63. The predicted octanol–water partition coefficient (Wildman–Crippen LogP) is 2.34. The average molecular weight is 328 g/mol. The lowest BCUT2D eigenvalue weighted by atomic mass is 10.1. The van der Waals surface area contributed by atoms with Gasteiger partial charge in [-0.3, -0.25) is 9.59 Å². The fourth-order valence-electron chi connectivity index (χ4n) is 2.58. The number of amides is 1. The molecule has 1 amide bonds. The minimum Gasteiger partial charge on any atom is -0.491 e. The first-order valence-corrected chi connectivity index (χ1v) is 8.20. The molecule has 0 bridgehead atoms. The van der Waals surface area contributed by atoms with Crippen LogP contribution in [0.2, 0.25) is 0 Å². The van der Waals surface area contributed by atoms with Crippen LogP contribution in [0.5, 0.6) is 5.75 Å². The van der Waals surface area contributed by atoms with Crippen molar-refractivity contribution in [3.8, 4) is 5.75 Å². The molecule has 2 aromatic rings. The number of benzene rings is 1. The highest BCUT2D eigenvalue weighted by molar-refractivity contribution is 5.76. The Kier molecular flexibility index (Phi) is 6.61. The molecule has 0 saturated heterocycles. The van der Waals surface area contributed by atoms with E-state index >= 15 is 0 Å². The molecule has 0 unspecified atom stereocenters. The maximum atomic E-state index is 12.6. The van der Waals surface area contributed by atoms with Gasteiger partial charge in [0.25, 0.3) is 5.56 Å². The molecule has 0 aliphatic heterocycles. The number of carbonyl (C=O) groups excluding carboxylic acids is 1. The van der Waals surface area contributed by atoms with Crippen molar-refractivity contribution < 1.29 is 9.53 Å². The zero-order valence-corrected chi connectivity index (χ0v) is 14.3. The van der Waals surface area contributed by atoms with Crippen LogP contribution in [0.15, 0.2) is 53.5 Å². The number of methoxy groups -OCH3 is 1. The zero-order chi connectivity index (χ0) is 17.4. The van der Waals surface area contributed by atoms with Gasteiger partial charge in [0, 0.05) is 19.3 Å². The van der Waals surface area contributed by atoms with Gasteiger partial charge in [0.1, 0.15) is 6.54 Å². The van der Waals surface area contributed by atoms with E-state index in [9.17, 15) is 9.59 Å². The van der Waals surface area contributed by atoms with Gasteiger partial charge in [0.2, 0.25) is 5.91 Å². The van der Waals surface area contributed by atoms with Gasteiger partial charge in [-0.1, -0.05) is 37.3 Å². The minimum absolute atomic E-state index is 0.0326. The van der Waals surface area contributed by atoms with Gasteiger partial charge in [0.15, 0.2) is 5.75 Å². The Hall–Kier alpha value is -2.56. The Morgan fingerprint density at radius 2 is 1.88 bits per heavy atom. The van der Waals surface area contributed by atoms with Crippen LogP contribution in [0.25, 0.3) is 0 Å². The second-order valence-electron chi connectivity index (χ2n) is 5.63. The molecule has 128 valence electrons. The van der Waals surface area contributed by atoms with Gasteiger partial charge in [0.05, 0.1) is 7.11 Å². The first-order valence-electron chi connectivity index (χ1n) is 8.20. The minimum atomic E-state index is -0.284. The van der Waals surface area contributed by atoms with Gasteiger partial charge in [-0.2, -0.15) is 0 Å². The molecule has 1 heterocycles. The standard InChI is InChI=1S/C19H24N2O3/c1-3-12-20(14-11-16-8-5-4-6-9-16)18(22)15-21-13-7-10-17(24-2)19(21)23/h4-10,13H,3,11-12,14-15H2,1-2H3. The number of hydrogen-bond donors (Lipinski definition) is 0. The largest absolute Gasteiger partial charge is 0.491 e. The Bertz CT molecular complexity index is 710. The smallest absolute Gasteiger partial charge is 0.293 e. The van der Waals surface area contributed by atoms with Gasteiger partial charge >= 0.3 is 0 Å². The molecule has 5 nitrogen and oxygen atoms in total. The van der Waals surface area contributed by atoms with Crippen molar-refractivity contribution in [3.63, 3.8) is 0 Å². The molecule has 5 heteroatoms. The summed E-state index contributed by atoms with van der Waals surface area (Å²) >= 11 is 0. The molecular formula is C19H24N2O3. The Labute approximate surface area is 142 Å². The number of hydrogen-bond acceptors (Lipinski definition) is 3. The van der Waals surface area contributed by atoms with Crippen molar-refractivity contribution in [3.05, 3.63) is 64.6 Å². The van der Waals surface area contributed by atoms with Crippen LogP contribution in [0.1, 0.15) is 18.9 Å². The topological polar surface area (TPSA) is 51.5 Å². The van der Waals surface area contributed by atoms with E-state index in [0.29, 0.717) is 13.1 Å². The van der Waals surface area contributed by atoms with Gasteiger partial charge in [-0.05, 0) is 30.5 Å². The molecule has 0 saturated carbocycles. The Balaban J connectivity index is 2.05. The SMILES string of the molecule is CCCN(CCc1ccccc1)C(=O)Cn1cccc(OC)c1=O. The molecule has 2 rings (SSSR count). The van der Waals surface area contributed by atoms with E-state index < -0.39 is 0 Å². The molecular weight excluding hydrogens is 304 g/mol. The number of rotatable bonds is 8. The van der Waals surface area contributed by atoms with Crippen LogP contribution < -0.4 is 10.3 Å². The van der Waals surface area contributed by atoms with Crippen molar-refractivity contribution in [1.82, 2.24) is 9.47 Å². The van der Waals surface area contributed by atoms with Crippen LogP contribution in [-0.2, 0) is 17.8 Å². The van der Waals surface area contributed by atoms with Crippen molar-refractivity contribution in [2.75, 3.05) is 20.2 Å². The van der Waals surface area contributed by atoms with Crippen LogP contribution in [-0.4, -0.2) is 35.6 Å². The molecule has 0 aliphatic rings. The summed E-state index contributed by atoms with van der Waals surface area (Å²) in [4.78, 5) is 26.6. The van der Waals surface area contributed by atoms with Crippen LogP contribution in [0.4, 0.5) is 0 Å². The number of nitrogens with zero attached hydrogens (tertiary/aromatic N) is 2. The lowest BCUT2D eigenvalue weighted by Crippen LogP contribution is -2.38. The monoisotopic (exact) mass is 328 g/mol. The third-order valence-corrected chi connectivity index (χ3v) is 3.87. The lowest BCUT2D eigenvalue weighted by molar-refractivity contribution is -0.131. The van der Waals surface area contributed by atoms with E-state index in [-0.39, 0.29) is 23.8 Å².